The highest BCUT2D eigenvalue weighted by molar-refractivity contribution is 7.98. The van der Waals surface area contributed by atoms with Crippen LogP contribution in [0.4, 0.5) is 0 Å². The van der Waals surface area contributed by atoms with Crippen molar-refractivity contribution in [2.24, 2.45) is 5.73 Å². The summed E-state index contributed by atoms with van der Waals surface area (Å²) in [6, 6.07) is 7.60. The van der Waals surface area contributed by atoms with Crippen LogP contribution in [0.1, 0.15) is 18.0 Å². The van der Waals surface area contributed by atoms with Gasteiger partial charge in [0.15, 0.2) is 0 Å². The summed E-state index contributed by atoms with van der Waals surface area (Å²) in [6.45, 7) is 0. The lowest BCUT2D eigenvalue weighted by Crippen LogP contribution is -2.16. The van der Waals surface area contributed by atoms with Gasteiger partial charge in [-0.3, -0.25) is 4.79 Å². The van der Waals surface area contributed by atoms with E-state index in [0.29, 0.717) is 0 Å². The van der Waals surface area contributed by atoms with Crippen LogP contribution in [-0.4, -0.2) is 19.3 Å². The summed E-state index contributed by atoms with van der Waals surface area (Å²) in [6.07, 6.45) is 2.23. The van der Waals surface area contributed by atoms with Crippen LogP contribution in [0.25, 0.3) is 0 Å². The molecule has 0 radical (unpaired) electrons. The van der Waals surface area contributed by atoms with Gasteiger partial charge in [-0.25, -0.2) is 0 Å². The number of hydrogen-bond donors (Lipinski definition) is 1. The van der Waals surface area contributed by atoms with Gasteiger partial charge < -0.3 is 10.5 Å². The van der Waals surface area contributed by atoms with Gasteiger partial charge >= 0.3 is 5.97 Å². The topological polar surface area (TPSA) is 52.3 Å². The smallest absolute Gasteiger partial charge is 0.307 e. The largest absolute Gasteiger partial charge is 0.469 e. The predicted molar refractivity (Wildman–Crippen MR) is 69.0 cm³/mol. The second kappa shape index (κ2) is 7.54. The van der Waals surface area contributed by atoms with Gasteiger partial charge in [0.1, 0.15) is 0 Å². The Kier molecular flexibility index (Phi) is 7.21. The maximum Gasteiger partial charge on any atom is 0.307 e. The molecule has 0 unspecified atom stereocenters. The number of ether oxygens (including phenoxy) is 1. The Balaban J connectivity index is 0.00000225. The number of methoxy groups -OCH3 is 1. The van der Waals surface area contributed by atoms with Crippen molar-refractivity contribution < 1.29 is 9.53 Å². The van der Waals surface area contributed by atoms with Crippen LogP contribution < -0.4 is 5.73 Å². The molecule has 0 saturated heterocycles. The lowest BCUT2D eigenvalue weighted by atomic mass is 10.1. The van der Waals surface area contributed by atoms with E-state index < -0.39 is 0 Å². The Morgan fingerprint density at radius 3 is 2.44 bits per heavy atom. The zero-order valence-electron chi connectivity index (χ0n) is 9.30. The van der Waals surface area contributed by atoms with Gasteiger partial charge in [0.25, 0.3) is 0 Å². The Labute approximate surface area is 106 Å². The quantitative estimate of drug-likeness (QED) is 0.668. The minimum atomic E-state index is -0.284. The molecular weight excluding hydrogens is 246 g/mol. The molecule has 0 aliphatic heterocycles. The molecule has 0 bridgehead atoms. The molecule has 0 saturated carbocycles. The van der Waals surface area contributed by atoms with Crippen molar-refractivity contribution in [2.75, 3.05) is 13.4 Å². The summed E-state index contributed by atoms with van der Waals surface area (Å²) in [5, 5.41) is 0. The predicted octanol–water partition coefficient (Wildman–Crippen LogP) is 2.39. The number of carbonyl (C=O) groups is 1. The lowest BCUT2D eigenvalue weighted by molar-refractivity contribution is -0.141. The maximum absolute atomic E-state index is 11.0. The number of thioether (sulfide) groups is 1. The molecule has 1 atom stereocenters. The van der Waals surface area contributed by atoms with E-state index in [1.165, 1.54) is 12.0 Å². The third kappa shape index (κ3) is 4.43. The van der Waals surface area contributed by atoms with Gasteiger partial charge in [0.05, 0.1) is 13.5 Å². The molecule has 5 heteroatoms. The first-order chi connectivity index (χ1) is 7.17. The number of hydrogen-bond acceptors (Lipinski definition) is 4. The van der Waals surface area contributed by atoms with Gasteiger partial charge in [0, 0.05) is 10.9 Å². The number of carbonyl (C=O) groups excluding carboxylic acids is 1. The average molecular weight is 262 g/mol. The average Bonchev–Trinajstić information content (AvgIpc) is 2.29. The standard InChI is InChI=1S/C11H15NO2S.ClH/c1-14-11(13)7-10(12)8-3-5-9(15-2)6-4-8;/h3-6,10H,7,12H2,1-2H3;1H/t10-;/m0./s1. The first-order valence-electron chi connectivity index (χ1n) is 4.63. The number of benzene rings is 1. The van der Waals surface area contributed by atoms with Crippen LogP contribution in [0, 0.1) is 0 Å². The number of halogens is 1. The number of esters is 1. The van der Waals surface area contributed by atoms with Crippen molar-refractivity contribution in [3.8, 4) is 0 Å². The van der Waals surface area contributed by atoms with Crippen molar-refractivity contribution in [3.63, 3.8) is 0 Å². The molecule has 1 rings (SSSR count). The fraction of sp³-hybridized carbons (Fsp3) is 0.364. The Morgan fingerprint density at radius 1 is 1.44 bits per heavy atom. The molecular formula is C11H16ClNO2S. The van der Waals surface area contributed by atoms with E-state index in [9.17, 15) is 4.79 Å². The molecule has 16 heavy (non-hydrogen) atoms. The van der Waals surface area contributed by atoms with Crippen LogP contribution in [0.15, 0.2) is 29.2 Å². The highest BCUT2D eigenvalue weighted by Crippen LogP contribution is 2.19. The normalized spacial score (nSPS) is 11.4. The fourth-order valence-electron chi connectivity index (χ4n) is 1.23. The SMILES string of the molecule is COC(=O)C[C@H](N)c1ccc(SC)cc1.Cl. The molecule has 2 N–H and O–H groups in total. The second-order valence-electron chi connectivity index (χ2n) is 3.16. The summed E-state index contributed by atoms with van der Waals surface area (Å²) in [5.41, 5.74) is 6.81. The summed E-state index contributed by atoms with van der Waals surface area (Å²) in [5.74, 6) is -0.281. The zero-order valence-corrected chi connectivity index (χ0v) is 10.9. The minimum Gasteiger partial charge on any atom is -0.469 e. The molecule has 0 aliphatic rings. The van der Waals surface area contributed by atoms with E-state index in [0.717, 1.165) is 5.56 Å². The molecule has 0 aromatic heterocycles. The van der Waals surface area contributed by atoms with E-state index in [4.69, 9.17) is 5.73 Å². The highest BCUT2D eigenvalue weighted by atomic mass is 35.5. The molecule has 1 aromatic rings. The van der Waals surface area contributed by atoms with Crippen molar-refractivity contribution >= 4 is 30.1 Å². The molecule has 0 heterocycles. The number of rotatable bonds is 4. The monoisotopic (exact) mass is 261 g/mol. The first-order valence-corrected chi connectivity index (χ1v) is 5.86. The first kappa shape index (κ1) is 15.3. The number of nitrogens with two attached hydrogens (primary N) is 1. The van der Waals surface area contributed by atoms with E-state index in [2.05, 4.69) is 4.74 Å². The van der Waals surface area contributed by atoms with Gasteiger partial charge in [0.2, 0.25) is 0 Å². The Hall–Kier alpha value is -0.710. The molecule has 90 valence electrons. The third-order valence-electron chi connectivity index (χ3n) is 2.16. The molecule has 0 amide bonds. The van der Waals surface area contributed by atoms with Crippen molar-refractivity contribution in [1.82, 2.24) is 0 Å². The van der Waals surface area contributed by atoms with Gasteiger partial charge in [-0.1, -0.05) is 12.1 Å². The van der Waals surface area contributed by atoms with Crippen LogP contribution in [0.3, 0.4) is 0 Å². The van der Waals surface area contributed by atoms with Gasteiger partial charge in [-0.2, -0.15) is 0 Å². The summed E-state index contributed by atoms with van der Waals surface area (Å²) in [4.78, 5) is 12.2. The summed E-state index contributed by atoms with van der Waals surface area (Å²) in [7, 11) is 1.37. The second-order valence-corrected chi connectivity index (χ2v) is 4.04. The maximum atomic E-state index is 11.0. The Bertz CT molecular complexity index is 329. The van der Waals surface area contributed by atoms with Crippen LogP contribution in [0.5, 0.6) is 0 Å². The van der Waals surface area contributed by atoms with E-state index in [1.807, 2.05) is 30.5 Å². The van der Waals surface area contributed by atoms with E-state index in [1.54, 1.807) is 11.8 Å². The van der Waals surface area contributed by atoms with Gasteiger partial charge in [-0.05, 0) is 24.0 Å². The van der Waals surface area contributed by atoms with Crippen LogP contribution >= 0.6 is 24.2 Å². The molecule has 3 nitrogen and oxygen atoms in total. The lowest BCUT2D eigenvalue weighted by Gasteiger charge is -2.10. The molecule has 0 fully saturated rings. The van der Waals surface area contributed by atoms with Crippen molar-refractivity contribution in [2.45, 2.75) is 17.4 Å². The molecule has 1 aromatic carbocycles. The van der Waals surface area contributed by atoms with Crippen molar-refractivity contribution in [1.29, 1.82) is 0 Å². The zero-order chi connectivity index (χ0) is 11.3. The van der Waals surface area contributed by atoms with Gasteiger partial charge in [-0.15, -0.1) is 24.2 Å². The third-order valence-corrected chi connectivity index (χ3v) is 2.90. The molecule has 0 aliphatic carbocycles. The van der Waals surface area contributed by atoms with E-state index >= 15 is 0 Å². The van der Waals surface area contributed by atoms with E-state index in [-0.39, 0.29) is 30.8 Å². The molecule has 0 spiro atoms. The summed E-state index contributed by atoms with van der Waals surface area (Å²) >= 11 is 1.68. The van der Waals surface area contributed by atoms with Crippen LogP contribution in [0.2, 0.25) is 0 Å². The van der Waals surface area contributed by atoms with Crippen molar-refractivity contribution in [3.05, 3.63) is 29.8 Å². The Morgan fingerprint density at radius 2 is 2.00 bits per heavy atom. The highest BCUT2D eigenvalue weighted by Gasteiger charge is 2.11. The van der Waals surface area contributed by atoms with Crippen LogP contribution in [-0.2, 0) is 9.53 Å². The summed E-state index contributed by atoms with van der Waals surface area (Å²) < 4.78 is 4.56. The fourth-order valence-corrected chi connectivity index (χ4v) is 1.64. The minimum absolute atomic E-state index is 0.